The quantitative estimate of drug-likeness (QED) is 0.779. The molecule has 2 nitrogen and oxygen atoms in total. The number of para-hydroxylation sites is 1. The van der Waals surface area contributed by atoms with Crippen molar-refractivity contribution in [3.63, 3.8) is 0 Å². The Morgan fingerprint density at radius 2 is 2.25 bits per heavy atom. The van der Waals surface area contributed by atoms with E-state index in [9.17, 15) is 4.79 Å². The molecule has 1 atom stereocenters. The van der Waals surface area contributed by atoms with Gasteiger partial charge in [0.15, 0.2) is 5.76 Å². The van der Waals surface area contributed by atoms with E-state index in [4.69, 9.17) is 4.42 Å². The second-order valence-electron chi connectivity index (χ2n) is 3.94. The molecule has 0 bridgehead atoms. The Bertz CT molecular complexity index is 528. The molecule has 0 saturated carbocycles. The summed E-state index contributed by atoms with van der Waals surface area (Å²) in [6, 6.07) is 7.59. The van der Waals surface area contributed by atoms with Crippen LogP contribution in [0.4, 0.5) is 0 Å². The van der Waals surface area contributed by atoms with Crippen LogP contribution >= 0.6 is 15.9 Å². The SMILES string of the molecule is CCC(C)C(=O)c1cc2cccc(Br)c2o1. The molecule has 3 heteroatoms. The van der Waals surface area contributed by atoms with E-state index < -0.39 is 0 Å². The molecule has 0 amide bonds. The summed E-state index contributed by atoms with van der Waals surface area (Å²) in [5.41, 5.74) is 0.745. The lowest BCUT2D eigenvalue weighted by Gasteiger charge is -2.02. The van der Waals surface area contributed by atoms with Crippen molar-refractivity contribution in [2.24, 2.45) is 5.92 Å². The smallest absolute Gasteiger partial charge is 0.200 e. The summed E-state index contributed by atoms with van der Waals surface area (Å²) < 4.78 is 6.47. The lowest BCUT2D eigenvalue weighted by atomic mass is 10.0. The Morgan fingerprint density at radius 3 is 2.88 bits per heavy atom. The van der Waals surface area contributed by atoms with Crippen molar-refractivity contribution >= 4 is 32.7 Å². The van der Waals surface area contributed by atoms with Crippen LogP contribution in [0.3, 0.4) is 0 Å². The van der Waals surface area contributed by atoms with Crippen LogP contribution in [0.2, 0.25) is 0 Å². The van der Waals surface area contributed by atoms with Crippen LogP contribution in [0.25, 0.3) is 11.0 Å². The van der Waals surface area contributed by atoms with Crippen molar-refractivity contribution in [2.45, 2.75) is 20.3 Å². The zero-order valence-electron chi connectivity index (χ0n) is 9.29. The largest absolute Gasteiger partial charge is 0.452 e. The Morgan fingerprint density at radius 1 is 1.50 bits per heavy atom. The van der Waals surface area contributed by atoms with Gasteiger partial charge in [-0.05, 0) is 34.5 Å². The monoisotopic (exact) mass is 280 g/mol. The number of furan rings is 1. The molecule has 84 valence electrons. The number of hydrogen-bond donors (Lipinski definition) is 0. The Kier molecular flexibility index (Phi) is 3.15. The van der Waals surface area contributed by atoms with Gasteiger partial charge in [0.25, 0.3) is 0 Å². The second-order valence-corrected chi connectivity index (χ2v) is 4.80. The predicted octanol–water partition coefficient (Wildman–Crippen LogP) is 4.42. The maximum Gasteiger partial charge on any atom is 0.200 e. The number of carbonyl (C=O) groups is 1. The third-order valence-electron chi connectivity index (χ3n) is 2.80. The molecule has 0 radical (unpaired) electrons. The van der Waals surface area contributed by atoms with Gasteiger partial charge in [-0.15, -0.1) is 0 Å². The third kappa shape index (κ3) is 1.92. The molecular weight excluding hydrogens is 268 g/mol. The number of hydrogen-bond acceptors (Lipinski definition) is 2. The van der Waals surface area contributed by atoms with Gasteiger partial charge in [-0.2, -0.15) is 0 Å². The summed E-state index contributed by atoms with van der Waals surface area (Å²) in [7, 11) is 0. The maximum atomic E-state index is 11.9. The highest BCUT2D eigenvalue weighted by Gasteiger charge is 2.18. The summed E-state index contributed by atoms with van der Waals surface area (Å²) >= 11 is 3.41. The molecular formula is C13H13BrO2. The summed E-state index contributed by atoms with van der Waals surface area (Å²) in [4.78, 5) is 11.9. The zero-order chi connectivity index (χ0) is 11.7. The fourth-order valence-corrected chi connectivity index (χ4v) is 2.04. The first-order chi connectivity index (χ1) is 7.63. The number of Topliss-reactive ketones (excluding diaryl/α,β-unsaturated/α-hetero) is 1. The highest BCUT2D eigenvalue weighted by Crippen LogP contribution is 2.28. The highest BCUT2D eigenvalue weighted by atomic mass is 79.9. The number of ketones is 1. The molecule has 0 aliphatic heterocycles. The average Bonchev–Trinajstić information content (AvgIpc) is 2.72. The molecule has 16 heavy (non-hydrogen) atoms. The maximum absolute atomic E-state index is 11.9. The van der Waals surface area contributed by atoms with E-state index in [1.54, 1.807) is 0 Å². The minimum absolute atomic E-state index is 0.0133. The minimum atomic E-state index is 0.0133. The van der Waals surface area contributed by atoms with Gasteiger partial charge in [-0.1, -0.05) is 26.0 Å². The normalized spacial score (nSPS) is 12.9. The molecule has 0 saturated heterocycles. The van der Waals surface area contributed by atoms with E-state index in [1.807, 2.05) is 38.1 Å². The Hall–Kier alpha value is -1.09. The van der Waals surface area contributed by atoms with Gasteiger partial charge >= 0.3 is 0 Å². The van der Waals surface area contributed by atoms with E-state index >= 15 is 0 Å². The van der Waals surface area contributed by atoms with E-state index in [0.29, 0.717) is 5.76 Å². The van der Waals surface area contributed by atoms with E-state index in [2.05, 4.69) is 15.9 Å². The number of benzene rings is 1. The molecule has 1 heterocycles. The van der Waals surface area contributed by atoms with Crippen molar-refractivity contribution in [1.82, 2.24) is 0 Å². The van der Waals surface area contributed by atoms with Crippen LogP contribution in [0.5, 0.6) is 0 Å². The molecule has 0 spiro atoms. The molecule has 1 aromatic heterocycles. The summed E-state index contributed by atoms with van der Waals surface area (Å²) in [5, 5.41) is 0.959. The second kappa shape index (κ2) is 4.42. The molecule has 0 fully saturated rings. The van der Waals surface area contributed by atoms with Gasteiger partial charge in [-0.25, -0.2) is 0 Å². The zero-order valence-corrected chi connectivity index (χ0v) is 10.9. The number of carbonyl (C=O) groups excluding carboxylic acids is 1. The first-order valence-electron chi connectivity index (χ1n) is 5.35. The third-order valence-corrected chi connectivity index (χ3v) is 3.42. The van der Waals surface area contributed by atoms with Crippen LogP contribution in [0, 0.1) is 5.92 Å². The van der Waals surface area contributed by atoms with Crippen LogP contribution < -0.4 is 0 Å². The highest BCUT2D eigenvalue weighted by molar-refractivity contribution is 9.10. The molecule has 1 unspecified atom stereocenters. The van der Waals surface area contributed by atoms with Gasteiger partial charge in [0.05, 0.1) is 4.47 Å². The van der Waals surface area contributed by atoms with Crippen LogP contribution in [0.1, 0.15) is 30.8 Å². The standard InChI is InChI=1S/C13H13BrO2/c1-3-8(2)12(15)11-7-9-5-4-6-10(14)13(9)16-11/h4-8H,3H2,1-2H3. The molecule has 0 N–H and O–H groups in total. The number of fused-ring (bicyclic) bond motifs is 1. The van der Waals surface area contributed by atoms with Crippen LogP contribution in [0.15, 0.2) is 33.2 Å². The first kappa shape index (κ1) is 11.4. The number of halogens is 1. The predicted molar refractivity (Wildman–Crippen MR) is 67.7 cm³/mol. The fourth-order valence-electron chi connectivity index (χ4n) is 1.58. The van der Waals surface area contributed by atoms with Crippen LogP contribution in [-0.4, -0.2) is 5.78 Å². The topological polar surface area (TPSA) is 30.2 Å². The molecule has 0 aliphatic rings. The van der Waals surface area contributed by atoms with Crippen LogP contribution in [-0.2, 0) is 0 Å². The summed E-state index contributed by atoms with van der Waals surface area (Å²) in [6.45, 7) is 3.92. The van der Waals surface area contributed by atoms with Gasteiger partial charge in [-0.3, -0.25) is 4.79 Å². The lowest BCUT2D eigenvalue weighted by molar-refractivity contribution is 0.0901. The molecule has 2 rings (SSSR count). The first-order valence-corrected chi connectivity index (χ1v) is 6.15. The fraction of sp³-hybridized carbons (Fsp3) is 0.308. The van der Waals surface area contributed by atoms with Crippen molar-refractivity contribution < 1.29 is 9.21 Å². The lowest BCUT2D eigenvalue weighted by Crippen LogP contribution is -2.08. The summed E-state index contributed by atoms with van der Waals surface area (Å²) in [6.07, 6.45) is 0.830. The molecule has 1 aromatic carbocycles. The molecule has 2 aromatic rings. The van der Waals surface area contributed by atoms with E-state index in [1.165, 1.54) is 0 Å². The van der Waals surface area contributed by atoms with Gasteiger partial charge < -0.3 is 4.42 Å². The minimum Gasteiger partial charge on any atom is -0.452 e. The van der Waals surface area contributed by atoms with Crippen molar-refractivity contribution in [3.8, 4) is 0 Å². The molecule has 0 aliphatic carbocycles. The van der Waals surface area contributed by atoms with E-state index in [-0.39, 0.29) is 11.7 Å². The van der Waals surface area contributed by atoms with Crippen molar-refractivity contribution in [3.05, 3.63) is 34.5 Å². The van der Waals surface area contributed by atoms with Gasteiger partial charge in [0.1, 0.15) is 5.58 Å². The van der Waals surface area contributed by atoms with Crippen molar-refractivity contribution in [1.29, 1.82) is 0 Å². The number of rotatable bonds is 3. The average molecular weight is 281 g/mol. The van der Waals surface area contributed by atoms with Crippen molar-refractivity contribution in [2.75, 3.05) is 0 Å². The summed E-state index contributed by atoms with van der Waals surface area (Å²) in [5.74, 6) is 0.543. The Labute approximate surface area is 103 Å². The van der Waals surface area contributed by atoms with Gasteiger partial charge in [0, 0.05) is 11.3 Å². The van der Waals surface area contributed by atoms with E-state index in [0.717, 1.165) is 21.9 Å². The van der Waals surface area contributed by atoms with Gasteiger partial charge in [0.2, 0.25) is 5.78 Å². The Balaban J connectivity index is 2.48.